The van der Waals surface area contributed by atoms with Gasteiger partial charge in [-0.3, -0.25) is 0 Å². The van der Waals surface area contributed by atoms with Crippen LogP contribution in [-0.4, -0.2) is 57.7 Å². The lowest BCUT2D eigenvalue weighted by Crippen LogP contribution is -2.60. The molecule has 1 aliphatic rings. The molecule has 1 saturated heterocycles. The Labute approximate surface area is 124 Å². The minimum absolute atomic E-state index is 0.430. The van der Waals surface area contributed by atoms with Gasteiger partial charge in [0.15, 0.2) is 0 Å². The van der Waals surface area contributed by atoms with Gasteiger partial charge in [-0.1, -0.05) is 6.07 Å². The van der Waals surface area contributed by atoms with Crippen LogP contribution in [0.2, 0.25) is 0 Å². The highest BCUT2D eigenvalue weighted by Crippen LogP contribution is 2.30. The normalized spacial score (nSPS) is 34.0. The number of benzene rings is 1. The van der Waals surface area contributed by atoms with Crippen LogP contribution in [0.1, 0.15) is 5.56 Å². The first kappa shape index (κ1) is 15.7. The Bertz CT molecular complexity index is 466. The second-order valence-corrected chi connectivity index (χ2v) is 5.60. The van der Waals surface area contributed by atoms with Gasteiger partial charge in [0.2, 0.25) is 6.29 Å². The van der Waals surface area contributed by atoms with Crippen LogP contribution in [0.15, 0.2) is 22.7 Å². The lowest BCUT2D eigenvalue weighted by atomic mass is 9.99. The van der Waals surface area contributed by atoms with E-state index in [1.54, 1.807) is 6.07 Å². The zero-order valence-corrected chi connectivity index (χ0v) is 12.4. The maximum absolute atomic E-state index is 9.87. The van der Waals surface area contributed by atoms with Crippen molar-refractivity contribution in [1.82, 2.24) is 0 Å². The van der Waals surface area contributed by atoms with E-state index in [0.717, 1.165) is 5.56 Å². The van der Waals surface area contributed by atoms with Crippen LogP contribution in [0, 0.1) is 6.92 Å². The van der Waals surface area contributed by atoms with Crippen LogP contribution in [0.4, 0.5) is 0 Å². The number of hydrogen-bond acceptors (Lipinski definition) is 6. The molecule has 6 nitrogen and oxygen atoms in total. The third-order valence-electron chi connectivity index (χ3n) is 3.18. The topological polar surface area (TPSA) is 99.4 Å². The van der Waals surface area contributed by atoms with E-state index in [-0.39, 0.29) is 0 Å². The van der Waals surface area contributed by atoms with E-state index >= 15 is 0 Å². The number of aliphatic hydroxyl groups excluding tert-OH is 4. The molecule has 1 heterocycles. The van der Waals surface area contributed by atoms with Gasteiger partial charge < -0.3 is 29.9 Å². The summed E-state index contributed by atoms with van der Waals surface area (Å²) in [6.07, 6.45) is -6.42. The van der Waals surface area contributed by atoms with Crippen LogP contribution >= 0.6 is 15.9 Å². The van der Waals surface area contributed by atoms with Crippen molar-refractivity contribution in [3.8, 4) is 5.75 Å². The molecule has 5 unspecified atom stereocenters. The summed E-state index contributed by atoms with van der Waals surface area (Å²) >= 11 is 3.33. The molecule has 0 amide bonds. The minimum Gasteiger partial charge on any atom is -0.461 e. The smallest absolute Gasteiger partial charge is 0.229 e. The first-order valence-corrected chi connectivity index (χ1v) is 6.96. The number of hydrogen-bond donors (Lipinski definition) is 4. The summed E-state index contributed by atoms with van der Waals surface area (Å²) in [5.74, 6) is 0.430. The molecule has 112 valence electrons. The molecule has 1 aromatic carbocycles. The van der Waals surface area contributed by atoms with E-state index in [4.69, 9.17) is 14.6 Å². The highest BCUT2D eigenvalue weighted by molar-refractivity contribution is 9.10. The predicted octanol–water partition coefficient (Wildman–Crippen LogP) is -0.0638. The molecule has 2 rings (SSSR count). The lowest BCUT2D eigenvalue weighted by Gasteiger charge is -2.39. The third kappa shape index (κ3) is 3.13. The highest BCUT2D eigenvalue weighted by atomic mass is 79.9. The van der Waals surface area contributed by atoms with Crippen molar-refractivity contribution in [1.29, 1.82) is 0 Å². The standard InChI is InChI=1S/C13H17BrO6/c1-6-2-3-8(7(14)4-6)19-13-12(18)11(17)10(16)9(5-15)20-13/h2-4,9-13,15-18H,5H2,1H3. The summed E-state index contributed by atoms with van der Waals surface area (Å²) in [5.41, 5.74) is 1.03. The van der Waals surface area contributed by atoms with Crippen molar-refractivity contribution in [2.45, 2.75) is 37.6 Å². The zero-order valence-electron chi connectivity index (χ0n) is 10.8. The first-order valence-electron chi connectivity index (χ1n) is 6.17. The van der Waals surface area contributed by atoms with Crippen LogP contribution in [0.25, 0.3) is 0 Å². The van der Waals surface area contributed by atoms with Crippen LogP contribution < -0.4 is 4.74 Å². The van der Waals surface area contributed by atoms with Gasteiger partial charge in [-0.05, 0) is 40.5 Å². The molecular formula is C13H17BrO6. The quantitative estimate of drug-likeness (QED) is 0.610. The highest BCUT2D eigenvalue weighted by Gasteiger charge is 2.44. The second-order valence-electron chi connectivity index (χ2n) is 4.75. The van der Waals surface area contributed by atoms with Gasteiger partial charge in [-0.2, -0.15) is 0 Å². The van der Waals surface area contributed by atoms with Crippen molar-refractivity contribution >= 4 is 15.9 Å². The minimum atomic E-state index is -1.45. The molecule has 0 radical (unpaired) electrons. The summed E-state index contributed by atoms with van der Waals surface area (Å²) < 4.78 is 11.4. The first-order chi connectivity index (χ1) is 9.43. The average Bonchev–Trinajstić information content (AvgIpc) is 2.42. The summed E-state index contributed by atoms with van der Waals surface area (Å²) in [4.78, 5) is 0. The molecule has 20 heavy (non-hydrogen) atoms. The molecular weight excluding hydrogens is 332 g/mol. The fourth-order valence-corrected chi connectivity index (χ4v) is 2.58. The molecule has 5 atom stereocenters. The number of rotatable bonds is 3. The predicted molar refractivity (Wildman–Crippen MR) is 73.3 cm³/mol. The Morgan fingerprint density at radius 3 is 2.50 bits per heavy atom. The molecule has 0 saturated carbocycles. The summed E-state index contributed by atoms with van der Waals surface area (Å²) in [7, 11) is 0. The summed E-state index contributed by atoms with van der Waals surface area (Å²) in [5, 5.41) is 38.3. The number of ether oxygens (including phenoxy) is 2. The van der Waals surface area contributed by atoms with Crippen molar-refractivity contribution < 1.29 is 29.9 Å². The molecule has 0 aromatic heterocycles. The van der Waals surface area contributed by atoms with E-state index in [1.165, 1.54) is 0 Å². The zero-order chi connectivity index (χ0) is 14.9. The molecule has 7 heteroatoms. The number of aliphatic hydroxyl groups is 4. The summed E-state index contributed by atoms with van der Waals surface area (Å²) in [6, 6.07) is 5.35. The molecule has 1 aliphatic heterocycles. The van der Waals surface area contributed by atoms with E-state index in [0.29, 0.717) is 10.2 Å². The van der Waals surface area contributed by atoms with Gasteiger partial charge in [0.1, 0.15) is 30.2 Å². The van der Waals surface area contributed by atoms with Gasteiger partial charge in [-0.25, -0.2) is 0 Å². The van der Waals surface area contributed by atoms with Crippen molar-refractivity contribution in [2.24, 2.45) is 0 Å². The van der Waals surface area contributed by atoms with E-state index < -0.39 is 37.3 Å². The Balaban J connectivity index is 2.15. The fourth-order valence-electron chi connectivity index (χ4n) is 1.99. The fraction of sp³-hybridized carbons (Fsp3) is 0.538. The van der Waals surface area contributed by atoms with Gasteiger partial charge in [0.05, 0.1) is 11.1 Å². The molecule has 0 aliphatic carbocycles. The second kappa shape index (κ2) is 6.38. The Kier molecular flexibility index (Phi) is 5.00. The Morgan fingerprint density at radius 1 is 1.20 bits per heavy atom. The van der Waals surface area contributed by atoms with Crippen molar-refractivity contribution in [3.63, 3.8) is 0 Å². The largest absolute Gasteiger partial charge is 0.461 e. The monoisotopic (exact) mass is 348 g/mol. The Hall–Kier alpha value is -0.700. The van der Waals surface area contributed by atoms with Crippen molar-refractivity contribution in [2.75, 3.05) is 6.61 Å². The van der Waals surface area contributed by atoms with Gasteiger partial charge in [-0.15, -0.1) is 0 Å². The average molecular weight is 349 g/mol. The van der Waals surface area contributed by atoms with E-state index in [2.05, 4.69) is 15.9 Å². The van der Waals surface area contributed by atoms with E-state index in [9.17, 15) is 15.3 Å². The van der Waals surface area contributed by atoms with Gasteiger partial charge in [0, 0.05) is 0 Å². The maximum Gasteiger partial charge on any atom is 0.229 e. The van der Waals surface area contributed by atoms with E-state index in [1.807, 2.05) is 19.1 Å². The van der Waals surface area contributed by atoms with Crippen LogP contribution in [-0.2, 0) is 4.74 Å². The SMILES string of the molecule is Cc1ccc(OC2OC(CO)C(O)C(O)C2O)c(Br)c1. The van der Waals surface area contributed by atoms with Gasteiger partial charge in [0.25, 0.3) is 0 Å². The molecule has 1 aromatic rings. The molecule has 0 spiro atoms. The lowest BCUT2D eigenvalue weighted by molar-refractivity contribution is -0.277. The summed E-state index contributed by atoms with van der Waals surface area (Å²) in [6.45, 7) is 1.43. The maximum atomic E-state index is 9.87. The number of halogens is 1. The van der Waals surface area contributed by atoms with Crippen molar-refractivity contribution in [3.05, 3.63) is 28.2 Å². The van der Waals surface area contributed by atoms with Crippen LogP contribution in [0.5, 0.6) is 5.75 Å². The molecule has 1 fully saturated rings. The molecule has 0 bridgehead atoms. The Morgan fingerprint density at radius 2 is 1.90 bits per heavy atom. The third-order valence-corrected chi connectivity index (χ3v) is 3.80. The van der Waals surface area contributed by atoms with Crippen LogP contribution in [0.3, 0.4) is 0 Å². The van der Waals surface area contributed by atoms with Gasteiger partial charge >= 0.3 is 0 Å². The number of aryl methyl sites for hydroxylation is 1. The molecule has 4 N–H and O–H groups in total.